The van der Waals surface area contributed by atoms with E-state index in [1.807, 2.05) is 0 Å². The van der Waals surface area contributed by atoms with Gasteiger partial charge in [-0.25, -0.2) is 8.42 Å². The molecule has 1 saturated heterocycles. The minimum absolute atomic E-state index is 0.236. The Morgan fingerprint density at radius 1 is 1.24 bits per heavy atom. The SMILES string of the molecule is Nc1cc(CC2CCS(=O)(=O)CC2)nnc1N. The Morgan fingerprint density at radius 3 is 2.47 bits per heavy atom. The third-order valence-corrected chi connectivity index (χ3v) is 4.79. The molecule has 0 saturated carbocycles. The third kappa shape index (κ3) is 3.06. The van der Waals surface area contributed by atoms with Gasteiger partial charge in [-0.1, -0.05) is 0 Å². The lowest BCUT2D eigenvalue weighted by molar-refractivity contribution is 0.457. The molecular weight excluding hydrogens is 240 g/mol. The van der Waals surface area contributed by atoms with E-state index in [0.717, 1.165) is 5.69 Å². The summed E-state index contributed by atoms with van der Waals surface area (Å²) in [7, 11) is -2.80. The van der Waals surface area contributed by atoms with Crippen molar-refractivity contribution in [3.63, 3.8) is 0 Å². The van der Waals surface area contributed by atoms with Gasteiger partial charge in [0.2, 0.25) is 0 Å². The van der Waals surface area contributed by atoms with Crippen LogP contribution in [0.4, 0.5) is 11.5 Å². The van der Waals surface area contributed by atoms with Crippen molar-refractivity contribution in [2.45, 2.75) is 19.3 Å². The van der Waals surface area contributed by atoms with Crippen LogP contribution in [0.3, 0.4) is 0 Å². The van der Waals surface area contributed by atoms with Crippen molar-refractivity contribution in [1.29, 1.82) is 0 Å². The number of aromatic nitrogens is 2. The van der Waals surface area contributed by atoms with Crippen LogP contribution in [0.25, 0.3) is 0 Å². The quantitative estimate of drug-likeness (QED) is 0.770. The molecule has 0 atom stereocenters. The molecule has 1 fully saturated rings. The normalized spacial score (nSPS) is 20.2. The van der Waals surface area contributed by atoms with Gasteiger partial charge >= 0.3 is 0 Å². The van der Waals surface area contributed by atoms with Crippen LogP contribution in [0.5, 0.6) is 0 Å². The number of nitrogens with two attached hydrogens (primary N) is 2. The fourth-order valence-corrected chi connectivity index (χ4v) is 3.59. The van der Waals surface area contributed by atoms with E-state index in [2.05, 4.69) is 10.2 Å². The highest BCUT2D eigenvalue weighted by Gasteiger charge is 2.24. The fraction of sp³-hybridized carbons (Fsp3) is 0.600. The minimum atomic E-state index is -2.80. The molecule has 0 bridgehead atoms. The maximum atomic E-state index is 11.3. The summed E-state index contributed by atoms with van der Waals surface area (Å²) in [5.41, 5.74) is 12.3. The molecule has 1 aromatic rings. The number of rotatable bonds is 2. The van der Waals surface area contributed by atoms with Crippen molar-refractivity contribution < 1.29 is 8.42 Å². The first-order valence-electron chi connectivity index (χ1n) is 5.54. The van der Waals surface area contributed by atoms with Crippen LogP contribution in [-0.2, 0) is 16.3 Å². The summed E-state index contributed by atoms with van der Waals surface area (Å²) < 4.78 is 22.6. The average molecular weight is 256 g/mol. The van der Waals surface area contributed by atoms with Crippen molar-refractivity contribution in [3.05, 3.63) is 11.8 Å². The van der Waals surface area contributed by atoms with E-state index in [0.29, 0.717) is 30.9 Å². The maximum Gasteiger partial charge on any atom is 0.169 e. The third-order valence-electron chi connectivity index (χ3n) is 3.08. The summed E-state index contributed by atoms with van der Waals surface area (Å²) in [5, 5.41) is 7.72. The van der Waals surface area contributed by atoms with E-state index >= 15 is 0 Å². The van der Waals surface area contributed by atoms with Gasteiger partial charge in [0.1, 0.15) is 9.84 Å². The van der Waals surface area contributed by atoms with Crippen LogP contribution in [-0.4, -0.2) is 30.1 Å². The Morgan fingerprint density at radius 2 is 1.88 bits per heavy atom. The lowest BCUT2D eigenvalue weighted by Gasteiger charge is -2.21. The molecule has 0 radical (unpaired) electrons. The van der Waals surface area contributed by atoms with E-state index in [1.165, 1.54) is 0 Å². The van der Waals surface area contributed by atoms with E-state index in [9.17, 15) is 8.42 Å². The molecule has 2 rings (SSSR count). The summed E-state index contributed by atoms with van der Waals surface area (Å²) in [6.45, 7) is 0. The zero-order valence-electron chi connectivity index (χ0n) is 9.46. The van der Waals surface area contributed by atoms with Gasteiger partial charge in [0.05, 0.1) is 22.9 Å². The molecule has 17 heavy (non-hydrogen) atoms. The highest BCUT2D eigenvalue weighted by Crippen LogP contribution is 2.23. The Labute approximate surface area is 100 Å². The molecule has 7 heteroatoms. The summed E-state index contributed by atoms with van der Waals surface area (Å²) in [4.78, 5) is 0. The zero-order valence-corrected chi connectivity index (χ0v) is 10.3. The van der Waals surface area contributed by atoms with Crippen LogP contribution < -0.4 is 11.5 Å². The molecule has 0 unspecified atom stereocenters. The molecule has 94 valence electrons. The maximum absolute atomic E-state index is 11.3. The van der Waals surface area contributed by atoms with Crippen molar-refractivity contribution in [3.8, 4) is 0 Å². The molecule has 1 aromatic heterocycles. The summed E-state index contributed by atoms with van der Waals surface area (Å²) in [6, 6.07) is 1.71. The van der Waals surface area contributed by atoms with Crippen LogP contribution in [0.2, 0.25) is 0 Å². The number of hydrogen-bond acceptors (Lipinski definition) is 6. The molecule has 0 aromatic carbocycles. The van der Waals surface area contributed by atoms with Gasteiger partial charge < -0.3 is 11.5 Å². The second-order valence-electron chi connectivity index (χ2n) is 4.48. The molecule has 0 aliphatic carbocycles. The van der Waals surface area contributed by atoms with Gasteiger partial charge in [-0.15, -0.1) is 5.10 Å². The Hall–Kier alpha value is -1.37. The standard InChI is InChI=1S/C10H16N4O2S/c11-9-6-8(13-14-10(9)12)5-7-1-3-17(15,16)4-2-7/h6-7H,1-5H2,(H2,11,13)(H2,12,14). The lowest BCUT2D eigenvalue weighted by atomic mass is 9.97. The predicted molar refractivity (Wildman–Crippen MR) is 65.9 cm³/mol. The molecule has 0 spiro atoms. The van der Waals surface area contributed by atoms with Gasteiger partial charge in [-0.05, 0) is 31.2 Å². The van der Waals surface area contributed by atoms with Crippen molar-refractivity contribution in [2.75, 3.05) is 23.0 Å². The van der Waals surface area contributed by atoms with Crippen molar-refractivity contribution >= 4 is 21.3 Å². The smallest absolute Gasteiger partial charge is 0.169 e. The highest BCUT2D eigenvalue weighted by atomic mass is 32.2. The van der Waals surface area contributed by atoms with E-state index in [4.69, 9.17) is 11.5 Å². The second-order valence-corrected chi connectivity index (χ2v) is 6.78. The number of nitrogens with zero attached hydrogens (tertiary/aromatic N) is 2. The van der Waals surface area contributed by atoms with E-state index < -0.39 is 9.84 Å². The van der Waals surface area contributed by atoms with Crippen LogP contribution in [0.15, 0.2) is 6.07 Å². The van der Waals surface area contributed by atoms with Crippen LogP contribution in [0.1, 0.15) is 18.5 Å². The van der Waals surface area contributed by atoms with Crippen molar-refractivity contribution in [1.82, 2.24) is 10.2 Å². The molecule has 1 aliphatic rings. The zero-order chi connectivity index (χ0) is 12.5. The van der Waals surface area contributed by atoms with Gasteiger partial charge in [0, 0.05) is 0 Å². The van der Waals surface area contributed by atoms with Crippen LogP contribution in [0, 0.1) is 5.92 Å². The van der Waals surface area contributed by atoms with Gasteiger partial charge in [-0.3, -0.25) is 0 Å². The average Bonchev–Trinajstić information content (AvgIpc) is 2.27. The number of sulfone groups is 1. The first-order valence-corrected chi connectivity index (χ1v) is 7.36. The number of hydrogen-bond donors (Lipinski definition) is 2. The Balaban J connectivity index is 2.00. The second kappa shape index (κ2) is 4.48. The van der Waals surface area contributed by atoms with Crippen molar-refractivity contribution in [2.24, 2.45) is 5.92 Å². The van der Waals surface area contributed by atoms with E-state index in [1.54, 1.807) is 6.07 Å². The highest BCUT2D eigenvalue weighted by molar-refractivity contribution is 7.91. The first kappa shape index (κ1) is 12.1. The van der Waals surface area contributed by atoms with Gasteiger partial charge in [0.25, 0.3) is 0 Å². The summed E-state index contributed by atoms with van der Waals surface area (Å²) >= 11 is 0. The Kier molecular flexibility index (Phi) is 3.19. The van der Waals surface area contributed by atoms with Crippen LogP contribution >= 0.6 is 0 Å². The largest absolute Gasteiger partial charge is 0.396 e. The molecule has 6 nitrogen and oxygen atoms in total. The van der Waals surface area contributed by atoms with E-state index in [-0.39, 0.29) is 17.3 Å². The molecule has 4 N–H and O–H groups in total. The molecule has 0 amide bonds. The molecule has 1 aliphatic heterocycles. The summed E-state index contributed by atoms with van der Waals surface area (Å²) in [5.74, 6) is 1.13. The number of nitrogen functional groups attached to an aromatic ring is 2. The lowest BCUT2D eigenvalue weighted by Crippen LogP contribution is -2.24. The topological polar surface area (TPSA) is 112 Å². The number of anilines is 2. The minimum Gasteiger partial charge on any atom is -0.396 e. The van der Waals surface area contributed by atoms with Gasteiger partial charge in [0.15, 0.2) is 5.82 Å². The fourth-order valence-electron chi connectivity index (χ4n) is 2.00. The molecule has 2 heterocycles. The molecular formula is C10H16N4O2S. The summed E-state index contributed by atoms with van der Waals surface area (Å²) in [6.07, 6.45) is 2.09. The first-order chi connectivity index (χ1) is 7.96. The van der Waals surface area contributed by atoms with Gasteiger partial charge in [-0.2, -0.15) is 5.10 Å². The monoisotopic (exact) mass is 256 g/mol. The predicted octanol–water partition coefficient (Wildman–Crippen LogP) is 0.00830. The Bertz CT molecular complexity index is 501.